The lowest BCUT2D eigenvalue weighted by molar-refractivity contribution is 0.0968. The number of nitrogens with zero attached hydrogens (tertiary/aromatic N) is 3. The molecule has 200 valence electrons. The van der Waals surface area contributed by atoms with Gasteiger partial charge in [0.15, 0.2) is 0 Å². The van der Waals surface area contributed by atoms with E-state index in [0.717, 1.165) is 27.0 Å². The van der Waals surface area contributed by atoms with Crippen molar-refractivity contribution in [3.8, 4) is 0 Å². The average molecular weight is 539 g/mol. The van der Waals surface area contributed by atoms with Crippen LogP contribution in [0.25, 0.3) is 10.8 Å². The van der Waals surface area contributed by atoms with Crippen LogP contribution in [0.2, 0.25) is 0 Å². The van der Waals surface area contributed by atoms with Gasteiger partial charge < -0.3 is 0 Å². The molecule has 7 heteroatoms. The minimum absolute atomic E-state index is 0.104. The molecular formula is C32H34N4O2S. The van der Waals surface area contributed by atoms with Crippen LogP contribution >= 0.6 is 11.8 Å². The first-order chi connectivity index (χ1) is 18.9. The Morgan fingerprint density at radius 3 is 2.33 bits per heavy atom. The fourth-order valence-electron chi connectivity index (χ4n) is 5.11. The summed E-state index contributed by atoms with van der Waals surface area (Å²) in [5.74, 6) is 0.123. The number of carbonyl (C=O) groups excluding carboxylic acids is 2. The van der Waals surface area contributed by atoms with E-state index in [0.29, 0.717) is 24.2 Å². The summed E-state index contributed by atoms with van der Waals surface area (Å²) in [7, 11) is 0. The van der Waals surface area contributed by atoms with E-state index in [1.165, 1.54) is 0 Å². The maximum atomic E-state index is 14.4. The Balaban J connectivity index is 1.57. The van der Waals surface area contributed by atoms with Crippen molar-refractivity contribution in [2.45, 2.75) is 38.3 Å². The van der Waals surface area contributed by atoms with Crippen LogP contribution in [0.4, 0.5) is 21.9 Å². The number of hydrogen-bond acceptors (Lipinski definition) is 4. The molecule has 0 radical (unpaired) electrons. The summed E-state index contributed by atoms with van der Waals surface area (Å²) in [5.41, 5.74) is 6.10. The molecule has 0 saturated carbocycles. The molecule has 5 rings (SSSR count). The van der Waals surface area contributed by atoms with E-state index < -0.39 is 6.17 Å². The van der Waals surface area contributed by atoms with Crippen LogP contribution in [0.3, 0.4) is 0 Å². The number of fused-ring (bicyclic) bond motifs is 2. The van der Waals surface area contributed by atoms with Crippen LogP contribution in [-0.4, -0.2) is 35.9 Å². The molecule has 0 saturated heterocycles. The van der Waals surface area contributed by atoms with Gasteiger partial charge in [-0.3, -0.25) is 20.0 Å². The highest BCUT2D eigenvalue weighted by Gasteiger charge is 2.42. The molecule has 1 heterocycles. The van der Waals surface area contributed by atoms with Crippen molar-refractivity contribution in [3.63, 3.8) is 0 Å². The van der Waals surface area contributed by atoms with Crippen LogP contribution < -0.4 is 15.2 Å². The number of anilines is 3. The fourth-order valence-corrected chi connectivity index (χ4v) is 5.51. The molecule has 0 bridgehead atoms. The van der Waals surface area contributed by atoms with Crippen LogP contribution in [0.15, 0.2) is 95.9 Å². The number of hydrazine groups is 1. The van der Waals surface area contributed by atoms with Crippen LogP contribution in [0, 0.1) is 5.92 Å². The zero-order valence-corrected chi connectivity index (χ0v) is 23.6. The molecule has 0 spiro atoms. The number of carbonyl (C=O) groups is 2. The van der Waals surface area contributed by atoms with Gasteiger partial charge in [-0.15, -0.1) is 11.8 Å². The Morgan fingerprint density at radius 1 is 0.949 bits per heavy atom. The van der Waals surface area contributed by atoms with Crippen LogP contribution in [0.1, 0.15) is 37.6 Å². The molecule has 1 atom stereocenters. The molecule has 1 aliphatic heterocycles. The minimum atomic E-state index is -0.489. The summed E-state index contributed by atoms with van der Waals surface area (Å²) in [4.78, 5) is 33.1. The number of amides is 3. The third-order valence-corrected chi connectivity index (χ3v) is 7.67. The highest BCUT2D eigenvalue weighted by atomic mass is 32.2. The third-order valence-electron chi connectivity index (χ3n) is 6.92. The fraction of sp³-hybridized carbons (Fsp3) is 0.250. The lowest BCUT2D eigenvalue weighted by Crippen LogP contribution is -2.61. The van der Waals surface area contributed by atoms with Gasteiger partial charge in [-0.25, -0.2) is 9.80 Å². The smallest absolute Gasteiger partial charge is 0.295 e. The highest BCUT2D eigenvalue weighted by Crippen LogP contribution is 2.37. The summed E-state index contributed by atoms with van der Waals surface area (Å²) in [6.07, 6.45) is 2.12. The number of thioether (sulfide) groups is 1. The van der Waals surface area contributed by atoms with Gasteiger partial charge in [0.1, 0.15) is 6.17 Å². The average Bonchev–Trinajstić information content (AvgIpc) is 2.96. The van der Waals surface area contributed by atoms with E-state index in [4.69, 9.17) is 0 Å². The maximum Gasteiger partial charge on any atom is 0.344 e. The zero-order chi connectivity index (χ0) is 27.5. The summed E-state index contributed by atoms with van der Waals surface area (Å²) in [5, 5.41) is 3.82. The molecule has 0 aromatic heterocycles. The number of para-hydroxylation sites is 1. The summed E-state index contributed by atoms with van der Waals surface area (Å²) >= 11 is 1.68. The van der Waals surface area contributed by atoms with Crippen LogP contribution in [0.5, 0.6) is 0 Å². The molecule has 1 unspecified atom stereocenters. The second-order valence-electron chi connectivity index (χ2n) is 10.1. The van der Waals surface area contributed by atoms with Crippen molar-refractivity contribution < 1.29 is 9.59 Å². The summed E-state index contributed by atoms with van der Waals surface area (Å²) in [6.45, 7) is 6.69. The largest absolute Gasteiger partial charge is 0.344 e. The molecule has 1 aliphatic rings. The van der Waals surface area contributed by atoms with Crippen molar-refractivity contribution in [1.82, 2.24) is 5.01 Å². The Labute approximate surface area is 234 Å². The topological polar surface area (TPSA) is 55.9 Å². The maximum absolute atomic E-state index is 14.4. The lowest BCUT2D eigenvalue weighted by Gasteiger charge is -2.45. The normalized spacial score (nSPS) is 15.0. The predicted molar refractivity (Wildman–Crippen MR) is 163 cm³/mol. The monoisotopic (exact) mass is 538 g/mol. The van der Waals surface area contributed by atoms with Crippen molar-refractivity contribution in [2.24, 2.45) is 5.92 Å². The second kappa shape index (κ2) is 11.4. The van der Waals surface area contributed by atoms with Gasteiger partial charge in [-0.05, 0) is 77.9 Å². The molecule has 0 aliphatic carbocycles. The molecule has 1 N–H and O–H groups in total. The molecular weight excluding hydrogens is 504 g/mol. The van der Waals surface area contributed by atoms with Gasteiger partial charge in [-0.1, -0.05) is 63.2 Å². The van der Waals surface area contributed by atoms with Crippen LogP contribution in [-0.2, 0) is 0 Å². The lowest BCUT2D eigenvalue weighted by atomic mass is 10.0. The van der Waals surface area contributed by atoms with E-state index in [2.05, 4.69) is 25.3 Å². The van der Waals surface area contributed by atoms with E-state index in [1.807, 2.05) is 92.0 Å². The molecule has 3 amide bonds. The van der Waals surface area contributed by atoms with Crippen molar-refractivity contribution in [2.75, 3.05) is 28.0 Å². The molecule has 6 nitrogen and oxygen atoms in total. The number of rotatable bonds is 7. The van der Waals surface area contributed by atoms with Gasteiger partial charge in [0, 0.05) is 17.1 Å². The molecule has 39 heavy (non-hydrogen) atoms. The van der Waals surface area contributed by atoms with Gasteiger partial charge >= 0.3 is 6.03 Å². The van der Waals surface area contributed by atoms with Gasteiger partial charge in [0.25, 0.3) is 5.91 Å². The Kier molecular flexibility index (Phi) is 7.79. The summed E-state index contributed by atoms with van der Waals surface area (Å²) in [6, 6.07) is 29.4. The molecule has 0 fully saturated rings. The van der Waals surface area contributed by atoms with E-state index in [9.17, 15) is 9.59 Å². The molecule has 4 aromatic carbocycles. The first-order valence-corrected chi connectivity index (χ1v) is 14.6. The number of benzene rings is 4. The highest BCUT2D eigenvalue weighted by molar-refractivity contribution is 7.98. The van der Waals surface area contributed by atoms with Gasteiger partial charge in [-0.2, -0.15) is 0 Å². The van der Waals surface area contributed by atoms with Crippen molar-refractivity contribution in [1.29, 1.82) is 0 Å². The Morgan fingerprint density at radius 2 is 1.64 bits per heavy atom. The van der Waals surface area contributed by atoms with Crippen molar-refractivity contribution >= 4 is 51.5 Å². The van der Waals surface area contributed by atoms with Gasteiger partial charge in [0.05, 0.1) is 16.9 Å². The first kappa shape index (κ1) is 26.6. The minimum Gasteiger partial charge on any atom is -0.295 e. The standard InChI is InChI=1S/C32H34N4O2S/c1-5-30-35(26-17-14-23-10-6-7-11-24(23)20-26)31(37)28-12-8-9-13-29(28)36(30)32(38)34(21-22(2)3)33-25-15-18-27(39-4)19-16-25/h6-20,22,30,33H,5,21H2,1-4H3. The SMILES string of the molecule is CCC1N(c2ccc3ccccc3c2)C(=O)c2ccccc2N1C(=O)N(CC(C)C)Nc1ccc(SC)cc1. The third kappa shape index (κ3) is 5.32. The van der Waals surface area contributed by atoms with E-state index in [-0.39, 0.29) is 17.9 Å². The quantitative estimate of drug-likeness (QED) is 0.192. The van der Waals surface area contributed by atoms with Gasteiger partial charge in [0.2, 0.25) is 0 Å². The molecule has 4 aromatic rings. The Bertz CT molecular complexity index is 1490. The zero-order valence-electron chi connectivity index (χ0n) is 22.8. The number of hydrogen-bond donors (Lipinski definition) is 1. The van der Waals surface area contributed by atoms with E-state index in [1.54, 1.807) is 32.6 Å². The predicted octanol–water partition coefficient (Wildman–Crippen LogP) is 7.87. The second-order valence-corrected chi connectivity index (χ2v) is 11.0. The first-order valence-electron chi connectivity index (χ1n) is 13.3. The van der Waals surface area contributed by atoms with E-state index >= 15 is 0 Å². The number of urea groups is 1. The van der Waals surface area contributed by atoms with Crippen molar-refractivity contribution in [3.05, 3.63) is 96.6 Å². The Hall–Kier alpha value is -3.97. The number of nitrogens with one attached hydrogen (secondary N) is 1. The summed E-state index contributed by atoms with van der Waals surface area (Å²) < 4.78 is 0.